The highest BCUT2D eigenvalue weighted by Gasteiger charge is 2.19. The zero-order valence-corrected chi connectivity index (χ0v) is 20.7. The van der Waals surface area contributed by atoms with Crippen LogP contribution >= 0.6 is 0 Å². The average Bonchev–Trinajstić information content (AvgIpc) is 3.09. The van der Waals surface area contributed by atoms with Crippen molar-refractivity contribution in [3.8, 4) is 28.4 Å². The molecule has 0 amide bonds. The normalized spacial score (nSPS) is 13.0. The molecule has 4 aromatic rings. The van der Waals surface area contributed by atoms with Crippen LogP contribution in [0.15, 0.2) is 57.7 Å². The number of ether oxygens (including phenoxy) is 3. The van der Waals surface area contributed by atoms with Gasteiger partial charge in [0.2, 0.25) is 5.43 Å². The molecule has 0 N–H and O–H groups in total. The van der Waals surface area contributed by atoms with Gasteiger partial charge < -0.3 is 18.6 Å². The van der Waals surface area contributed by atoms with Crippen molar-refractivity contribution in [1.29, 1.82) is 0 Å². The quantitative estimate of drug-likeness (QED) is 0.325. The summed E-state index contributed by atoms with van der Waals surface area (Å²) in [7, 11) is 0. The highest BCUT2D eigenvalue weighted by molar-refractivity contribution is 5.85. The second kappa shape index (κ2) is 9.49. The molecule has 1 aromatic heterocycles. The van der Waals surface area contributed by atoms with Crippen molar-refractivity contribution in [3.05, 3.63) is 86.8 Å². The van der Waals surface area contributed by atoms with E-state index < -0.39 is 0 Å². The van der Waals surface area contributed by atoms with Crippen LogP contribution in [0.25, 0.3) is 22.1 Å². The van der Waals surface area contributed by atoms with E-state index >= 15 is 0 Å². The molecular formula is C30H30O5. The lowest BCUT2D eigenvalue weighted by atomic mass is 10.00. The Labute approximate surface area is 205 Å². The molecule has 1 aliphatic rings. The van der Waals surface area contributed by atoms with E-state index in [1.165, 1.54) is 11.1 Å². The molecule has 0 bridgehead atoms. The zero-order chi connectivity index (χ0) is 24.5. The second-order valence-corrected chi connectivity index (χ2v) is 9.10. The number of fused-ring (bicyclic) bond motifs is 2. The van der Waals surface area contributed by atoms with E-state index in [2.05, 4.69) is 39.0 Å². The third kappa shape index (κ3) is 4.51. The Morgan fingerprint density at radius 3 is 2.49 bits per heavy atom. The van der Waals surface area contributed by atoms with Crippen LogP contribution in [0.2, 0.25) is 0 Å². The second-order valence-electron chi connectivity index (χ2n) is 9.10. The summed E-state index contributed by atoms with van der Waals surface area (Å²) in [6.45, 7) is 9.72. The average molecular weight is 471 g/mol. The molecule has 2 heterocycles. The number of hydrogen-bond acceptors (Lipinski definition) is 5. The van der Waals surface area contributed by atoms with Crippen LogP contribution in [0.3, 0.4) is 0 Å². The van der Waals surface area contributed by atoms with E-state index in [4.69, 9.17) is 18.6 Å². The Morgan fingerprint density at radius 1 is 0.886 bits per heavy atom. The predicted octanol–water partition coefficient (Wildman–Crippen LogP) is 6.69. The molecule has 1 aliphatic heterocycles. The summed E-state index contributed by atoms with van der Waals surface area (Å²) in [4.78, 5) is 13.7. The van der Waals surface area contributed by atoms with Gasteiger partial charge in [0.1, 0.15) is 23.7 Å². The largest absolute Gasteiger partial charge is 0.490 e. The summed E-state index contributed by atoms with van der Waals surface area (Å²) in [5.41, 5.74) is 6.28. The molecule has 0 aliphatic carbocycles. The van der Waals surface area contributed by atoms with Crippen LogP contribution in [0.4, 0.5) is 0 Å². The first kappa shape index (κ1) is 23.0. The Hall–Kier alpha value is -3.73. The maximum atomic E-state index is 13.7. The summed E-state index contributed by atoms with van der Waals surface area (Å²) in [6.07, 6.45) is 1.57. The van der Waals surface area contributed by atoms with Gasteiger partial charge in [-0.15, -0.1) is 0 Å². The smallest absolute Gasteiger partial charge is 0.200 e. The molecule has 5 heteroatoms. The molecule has 0 fully saturated rings. The minimum atomic E-state index is -0.0611. The van der Waals surface area contributed by atoms with Crippen molar-refractivity contribution in [3.63, 3.8) is 0 Å². The summed E-state index contributed by atoms with van der Waals surface area (Å²) < 4.78 is 24.0. The van der Waals surface area contributed by atoms with E-state index in [-0.39, 0.29) is 5.43 Å². The van der Waals surface area contributed by atoms with Crippen molar-refractivity contribution in [2.45, 2.75) is 47.1 Å². The Morgan fingerprint density at radius 2 is 1.69 bits per heavy atom. The van der Waals surface area contributed by atoms with Gasteiger partial charge in [0.15, 0.2) is 11.5 Å². The van der Waals surface area contributed by atoms with Crippen LogP contribution in [0.1, 0.15) is 41.4 Å². The molecule has 0 atom stereocenters. The summed E-state index contributed by atoms with van der Waals surface area (Å²) in [6, 6.07) is 15.7. The highest BCUT2D eigenvalue weighted by Crippen LogP contribution is 2.36. The predicted molar refractivity (Wildman–Crippen MR) is 138 cm³/mol. The van der Waals surface area contributed by atoms with Gasteiger partial charge in [0.05, 0.1) is 24.2 Å². The molecule has 0 spiro atoms. The lowest BCUT2D eigenvalue weighted by molar-refractivity contribution is 0.297. The first-order chi connectivity index (χ1) is 16.9. The van der Waals surface area contributed by atoms with Crippen molar-refractivity contribution in [2.75, 3.05) is 13.2 Å². The molecule has 5 rings (SSSR count). The fourth-order valence-electron chi connectivity index (χ4n) is 4.55. The molecule has 180 valence electrons. The minimum Gasteiger partial charge on any atom is -0.490 e. The fourth-order valence-corrected chi connectivity index (χ4v) is 4.55. The molecule has 3 aromatic carbocycles. The summed E-state index contributed by atoms with van der Waals surface area (Å²) in [5.74, 6) is 2.66. The topological polar surface area (TPSA) is 57.9 Å². The third-order valence-corrected chi connectivity index (χ3v) is 6.55. The SMILES string of the molecule is CCc1cc2c(=O)c(-c3ccc4c(c3)OCCCO4)c(C)oc2cc1OCc1cc(C)ccc1C. The van der Waals surface area contributed by atoms with Crippen LogP contribution in [-0.4, -0.2) is 13.2 Å². The minimum absolute atomic E-state index is 0.0611. The van der Waals surface area contributed by atoms with Gasteiger partial charge in [-0.3, -0.25) is 4.79 Å². The molecule has 0 unspecified atom stereocenters. The zero-order valence-electron chi connectivity index (χ0n) is 20.7. The molecule has 0 radical (unpaired) electrons. The number of hydrogen-bond donors (Lipinski definition) is 0. The lowest BCUT2D eigenvalue weighted by Crippen LogP contribution is -2.09. The van der Waals surface area contributed by atoms with Gasteiger partial charge in [-0.1, -0.05) is 36.8 Å². The molecular weight excluding hydrogens is 440 g/mol. The van der Waals surface area contributed by atoms with Crippen LogP contribution in [-0.2, 0) is 13.0 Å². The third-order valence-electron chi connectivity index (χ3n) is 6.55. The first-order valence-electron chi connectivity index (χ1n) is 12.1. The van der Waals surface area contributed by atoms with Gasteiger partial charge in [-0.05, 0) is 67.6 Å². The molecule has 0 saturated carbocycles. The van der Waals surface area contributed by atoms with Crippen molar-refractivity contribution in [1.82, 2.24) is 0 Å². The summed E-state index contributed by atoms with van der Waals surface area (Å²) in [5, 5.41) is 0.550. The van der Waals surface area contributed by atoms with Crippen LogP contribution in [0, 0.1) is 20.8 Å². The standard InChI is InChI=1S/C30H30O5/c1-5-21-14-24-27(16-26(21)34-17-23-13-18(2)7-8-19(23)3)35-20(4)29(30(24)31)22-9-10-25-28(15-22)33-12-6-11-32-25/h7-10,13-16H,5-6,11-12,17H2,1-4H3. The lowest BCUT2D eigenvalue weighted by Gasteiger charge is -2.15. The van der Waals surface area contributed by atoms with Gasteiger partial charge in [0, 0.05) is 12.5 Å². The van der Waals surface area contributed by atoms with E-state index in [0.29, 0.717) is 53.6 Å². The Bertz CT molecular complexity index is 1460. The van der Waals surface area contributed by atoms with Crippen LogP contribution < -0.4 is 19.6 Å². The monoisotopic (exact) mass is 470 g/mol. The number of benzene rings is 3. The van der Waals surface area contributed by atoms with E-state index in [1.807, 2.05) is 37.3 Å². The van der Waals surface area contributed by atoms with Crippen LogP contribution in [0.5, 0.6) is 17.2 Å². The van der Waals surface area contributed by atoms with E-state index in [0.717, 1.165) is 35.3 Å². The highest BCUT2D eigenvalue weighted by atomic mass is 16.5. The van der Waals surface area contributed by atoms with Gasteiger partial charge in [-0.2, -0.15) is 0 Å². The first-order valence-corrected chi connectivity index (χ1v) is 12.1. The van der Waals surface area contributed by atoms with E-state index in [9.17, 15) is 4.79 Å². The Balaban J connectivity index is 1.54. The molecule has 35 heavy (non-hydrogen) atoms. The van der Waals surface area contributed by atoms with Crippen molar-refractivity contribution >= 4 is 11.0 Å². The maximum absolute atomic E-state index is 13.7. The molecule has 0 saturated heterocycles. The fraction of sp³-hybridized carbons (Fsp3) is 0.300. The molecule has 5 nitrogen and oxygen atoms in total. The maximum Gasteiger partial charge on any atom is 0.200 e. The number of aryl methyl sites for hydroxylation is 4. The van der Waals surface area contributed by atoms with Crippen molar-refractivity contribution in [2.24, 2.45) is 0 Å². The van der Waals surface area contributed by atoms with E-state index in [1.54, 1.807) is 0 Å². The summed E-state index contributed by atoms with van der Waals surface area (Å²) >= 11 is 0. The van der Waals surface area contributed by atoms with Gasteiger partial charge in [0.25, 0.3) is 0 Å². The number of rotatable bonds is 5. The van der Waals surface area contributed by atoms with Gasteiger partial charge in [-0.25, -0.2) is 0 Å². The van der Waals surface area contributed by atoms with Gasteiger partial charge >= 0.3 is 0 Å². The Kier molecular flexibility index (Phi) is 6.25. The van der Waals surface area contributed by atoms with Crippen molar-refractivity contribution < 1.29 is 18.6 Å².